The maximum absolute atomic E-state index is 0. The molecule has 0 aliphatic heterocycles. The first kappa shape index (κ1) is 45.9. The molecule has 0 spiro atoms. The molecular weight excluding hydrogens is 227 g/mol. The van der Waals surface area contributed by atoms with Gasteiger partial charge in [-0.05, 0) is 0 Å². The fraction of sp³-hybridized carbons (Fsp3) is 0. The van der Waals surface area contributed by atoms with E-state index in [9.17, 15) is 0 Å². The molecule has 0 aromatic heterocycles. The van der Waals surface area contributed by atoms with Gasteiger partial charge in [0, 0.05) is 0 Å². The molecule has 0 nitrogen and oxygen atoms in total. The third-order valence-corrected chi connectivity index (χ3v) is 0. The average molecular weight is 236 g/mol. The number of rotatable bonds is 0. The van der Waals surface area contributed by atoms with E-state index in [0.717, 1.165) is 0 Å². The minimum atomic E-state index is 0. The topological polar surface area (TPSA) is 0 Å². The predicted octanol–water partition coefficient (Wildman–Crippen LogP) is -1.48. The Morgan fingerprint density at radius 2 is 0.333 bits per heavy atom. The molecule has 0 amide bonds. The molecule has 6 heavy (non-hydrogen) atoms. The quantitative estimate of drug-likeness (QED) is 0.449. The summed E-state index contributed by atoms with van der Waals surface area (Å²) < 4.78 is 0. The van der Waals surface area contributed by atoms with Gasteiger partial charge in [-0.3, -0.25) is 0 Å². The van der Waals surface area contributed by atoms with Crippen molar-refractivity contribution in [2.24, 2.45) is 0 Å². The summed E-state index contributed by atoms with van der Waals surface area (Å²) >= 11 is 0. The monoisotopic (exact) mass is 234 g/mol. The second-order valence-corrected chi connectivity index (χ2v) is 0. The van der Waals surface area contributed by atoms with Crippen molar-refractivity contribution >= 4 is 150 Å². The first-order chi connectivity index (χ1) is 0. The van der Waals surface area contributed by atoms with E-state index in [1.807, 2.05) is 0 Å². The summed E-state index contributed by atoms with van der Waals surface area (Å²) in [6.45, 7) is 0. The van der Waals surface area contributed by atoms with E-state index in [1.165, 1.54) is 0 Å². The van der Waals surface area contributed by atoms with E-state index < -0.39 is 0 Å². The van der Waals surface area contributed by atoms with Crippen LogP contribution in [0.3, 0.4) is 0 Å². The van der Waals surface area contributed by atoms with E-state index >= 15 is 0 Å². The number of hydrogen-bond acceptors (Lipinski definition) is 0. The Kier molecular flexibility index (Phi) is 255. The van der Waals surface area contributed by atoms with Crippen LogP contribution in [0.15, 0.2) is 0 Å². The molecule has 0 radical (unpaired) electrons. The summed E-state index contributed by atoms with van der Waals surface area (Å²) in [5, 5.41) is 0. The third-order valence-electron chi connectivity index (χ3n) is 0. The molecule has 0 aromatic carbocycles. The van der Waals surface area contributed by atoms with Crippen molar-refractivity contribution in [1.82, 2.24) is 0 Å². The van der Waals surface area contributed by atoms with Crippen molar-refractivity contribution in [2.75, 3.05) is 0 Å². The summed E-state index contributed by atoms with van der Waals surface area (Å²) in [5.41, 5.74) is 0. The summed E-state index contributed by atoms with van der Waals surface area (Å²) in [6.07, 6.45) is 0. The normalized spacial score (nSPS) is 0. The fourth-order valence-electron chi connectivity index (χ4n) is 0. The summed E-state index contributed by atoms with van der Waals surface area (Å²) in [4.78, 5) is 0. The Morgan fingerprint density at radius 3 is 0.333 bits per heavy atom. The van der Waals surface area contributed by atoms with Gasteiger partial charge in [0.05, 0.1) is 0 Å². The van der Waals surface area contributed by atoms with Gasteiger partial charge in [-0.15, -0.1) is 37.2 Å². The first-order valence-electron chi connectivity index (χ1n) is 0. The molecule has 0 heterocycles. The number of halogens is 3. The second-order valence-electron chi connectivity index (χ2n) is 0. The average Bonchev–Trinajstić information content (AvgIpc) is 0. The van der Waals surface area contributed by atoms with E-state index in [0.29, 0.717) is 0 Å². The first-order valence-corrected chi connectivity index (χ1v) is 0. The Hall–Kier alpha value is 4.65. The summed E-state index contributed by atoms with van der Waals surface area (Å²) in [5.74, 6) is 0. The van der Waals surface area contributed by atoms with Crippen molar-refractivity contribution in [3.63, 3.8) is 0 Å². The van der Waals surface area contributed by atoms with E-state index in [-0.39, 0.29) is 150 Å². The van der Waals surface area contributed by atoms with Crippen LogP contribution in [0.1, 0.15) is 0 Å². The molecule has 0 aliphatic carbocycles. The van der Waals surface area contributed by atoms with Gasteiger partial charge in [-0.2, -0.15) is 0 Å². The summed E-state index contributed by atoms with van der Waals surface area (Å²) in [6, 6.07) is 0. The van der Waals surface area contributed by atoms with Crippen molar-refractivity contribution in [1.29, 1.82) is 0 Å². The molecule has 0 aliphatic rings. The van der Waals surface area contributed by atoms with Gasteiger partial charge in [0.25, 0.3) is 0 Å². The van der Waals surface area contributed by atoms with Gasteiger partial charge in [-0.1, -0.05) is 0 Å². The van der Waals surface area contributed by atoms with E-state index in [2.05, 4.69) is 0 Å². The van der Waals surface area contributed by atoms with E-state index in [4.69, 9.17) is 0 Å². The Balaban J connectivity index is 0. The maximum atomic E-state index is 0. The van der Waals surface area contributed by atoms with Crippen LogP contribution in [-0.2, 0) is 0 Å². The van der Waals surface area contributed by atoms with Crippen LogP contribution in [0.4, 0.5) is 0 Å². The molecule has 36 valence electrons. The Labute approximate surface area is 146 Å². The predicted molar refractivity (Wildman–Crippen MR) is 47.4 cm³/mol. The van der Waals surface area contributed by atoms with E-state index in [1.54, 1.807) is 0 Å². The SMILES string of the molecule is Cl.Cl.Cl.[CaH2].[CaH2].[CaH2]. The third kappa shape index (κ3) is 23.4. The van der Waals surface area contributed by atoms with Crippen molar-refractivity contribution < 1.29 is 0 Å². The van der Waals surface area contributed by atoms with Gasteiger partial charge in [0.2, 0.25) is 0 Å². The van der Waals surface area contributed by atoms with Crippen LogP contribution in [-0.4, -0.2) is 113 Å². The van der Waals surface area contributed by atoms with Crippen molar-refractivity contribution in [2.45, 2.75) is 0 Å². The fourth-order valence-corrected chi connectivity index (χ4v) is 0. The molecule has 0 N–H and O–H groups in total. The van der Waals surface area contributed by atoms with Gasteiger partial charge in [0.15, 0.2) is 0 Å². The van der Waals surface area contributed by atoms with Gasteiger partial charge in [0.1, 0.15) is 0 Å². The molecule has 0 rings (SSSR count). The molecule has 0 fully saturated rings. The van der Waals surface area contributed by atoms with Gasteiger partial charge < -0.3 is 0 Å². The van der Waals surface area contributed by atoms with Crippen molar-refractivity contribution in [3.05, 3.63) is 0 Å². The minimum absolute atomic E-state index is 0. The van der Waals surface area contributed by atoms with Gasteiger partial charge >= 0.3 is 113 Å². The molecule has 0 saturated heterocycles. The molecule has 0 unspecified atom stereocenters. The standard InChI is InChI=1S/3Ca.3ClH.6H/h;;;3*1H;;;;;;. The molecule has 0 saturated carbocycles. The molecule has 0 aromatic rings. The summed E-state index contributed by atoms with van der Waals surface area (Å²) in [7, 11) is 0. The van der Waals surface area contributed by atoms with Crippen LogP contribution >= 0.6 is 37.2 Å². The number of hydrogen-bond donors (Lipinski definition) is 0. The second kappa shape index (κ2) is 33.4. The van der Waals surface area contributed by atoms with Crippen LogP contribution in [0, 0.1) is 0 Å². The molecule has 0 atom stereocenters. The zero-order chi connectivity index (χ0) is 0. The molecule has 6 heteroatoms. The van der Waals surface area contributed by atoms with Crippen LogP contribution in [0.5, 0.6) is 0 Å². The Bertz CT molecular complexity index is 6.00. The zero-order valence-corrected chi connectivity index (χ0v) is 3.67. The van der Waals surface area contributed by atoms with Crippen LogP contribution in [0.25, 0.3) is 0 Å². The zero-order valence-electron chi connectivity index (χ0n) is 1.22. The molecular formula is H9Ca3Cl3. The van der Waals surface area contributed by atoms with Crippen molar-refractivity contribution in [3.8, 4) is 0 Å². The van der Waals surface area contributed by atoms with Crippen LogP contribution < -0.4 is 0 Å². The molecule has 0 bridgehead atoms. The van der Waals surface area contributed by atoms with Gasteiger partial charge in [-0.25, -0.2) is 0 Å². The Morgan fingerprint density at radius 1 is 0.333 bits per heavy atom. The van der Waals surface area contributed by atoms with Crippen LogP contribution in [0.2, 0.25) is 0 Å².